The van der Waals surface area contributed by atoms with Crippen molar-refractivity contribution in [2.45, 2.75) is 227 Å². The molecule has 4 aromatic heterocycles. The van der Waals surface area contributed by atoms with Crippen molar-refractivity contribution in [1.82, 2.24) is 28.7 Å². The smallest absolute Gasteiger partial charge is 0.148 e. The van der Waals surface area contributed by atoms with Gasteiger partial charge in [0, 0.05) is 21.6 Å². The molecule has 4 aromatic carbocycles. The topological polar surface area (TPSA) is 60.4 Å². The number of nitrogens with zero attached hydrogens (tertiary/aromatic N) is 6. The number of hydrogen-bond acceptors (Lipinski definition) is 4. The molecule has 4 heterocycles. The van der Waals surface area contributed by atoms with Gasteiger partial charge >= 0.3 is 0 Å². The zero-order valence-corrected chi connectivity index (χ0v) is 47.4. The highest BCUT2D eigenvalue weighted by Crippen LogP contribution is 2.65. The number of hydrogen-bond donors (Lipinski definition) is 0. The molecule has 71 heavy (non-hydrogen) atoms. The number of benzene rings is 4. The summed E-state index contributed by atoms with van der Waals surface area (Å²) in [5.41, 5.74) is 16.6. The van der Waals surface area contributed by atoms with Crippen LogP contribution in [0.2, 0.25) is 0 Å². The third kappa shape index (κ3) is 6.30. The zero-order valence-electron chi connectivity index (χ0n) is 47.4. The fraction of sp³-hybridized carbons (Fsp3) is 0.569. The molecule has 1 atom stereocenters. The first-order valence-electron chi connectivity index (χ1n) is 27.3. The van der Waals surface area contributed by atoms with Crippen molar-refractivity contribution in [2.24, 2.45) is 10.8 Å². The molecule has 11 rings (SSSR count). The van der Waals surface area contributed by atoms with E-state index < -0.39 is 0 Å². The van der Waals surface area contributed by atoms with Crippen molar-refractivity contribution in [3.63, 3.8) is 0 Å². The summed E-state index contributed by atoms with van der Waals surface area (Å²) in [6.07, 6.45) is 8.21. The van der Waals surface area contributed by atoms with Gasteiger partial charge in [0.1, 0.15) is 22.9 Å². The zero-order chi connectivity index (χ0) is 51.4. The van der Waals surface area contributed by atoms with Crippen molar-refractivity contribution in [3.05, 3.63) is 106 Å². The summed E-state index contributed by atoms with van der Waals surface area (Å²) in [6, 6.07) is 23.8. The maximum Gasteiger partial charge on any atom is 0.148 e. The molecular formula is C65H84N6. The Morgan fingerprint density at radius 2 is 1.04 bits per heavy atom. The van der Waals surface area contributed by atoms with Gasteiger partial charge in [-0.3, -0.25) is 8.80 Å². The number of fused-ring (bicyclic) bond motifs is 12. The molecule has 8 aromatic rings. The lowest BCUT2D eigenvalue weighted by atomic mass is 9.55. The fourth-order valence-corrected chi connectivity index (χ4v) is 14.7. The van der Waals surface area contributed by atoms with E-state index in [0.29, 0.717) is 0 Å². The Morgan fingerprint density at radius 3 is 1.62 bits per heavy atom. The first kappa shape index (κ1) is 48.4. The minimum Gasteiger partial charge on any atom is -0.279 e. The molecule has 374 valence electrons. The lowest BCUT2D eigenvalue weighted by molar-refractivity contribution is 0.0771. The van der Waals surface area contributed by atoms with Crippen molar-refractivity contribution >= 4 is 55.2 Å². The Morgan fingerprint density at radius 1 is 0.507 bits per heavy atom. The van der Waals surface area contributed by atoms with E-state index in [9.17, 15) is 0 Å². The molecule has 6 nitrogen and oxygen atoms in total. The molecule has 3 aliphatic carbocycles. The second-order valence-electron chi connectivity index (χ2n) is 29.1. The molecule has 1 saturated carbocycles. The van der Waals surface area contributed by atoms with Gasteiger partial charge in [0.2, 0.25) is 0 Å². The summed E-state index contributed by atoms with van der Waals surface area (Å²) in [6.45, 7) is 48.5. The van der Waals surface area contributed by atoms with Crippen LogP contribution < -0.4 is 0 Å². The summed E-state index contributed by atoms with van der Waals surface area (Å²) < 4.78 is 4.89. The first-order chi connectivity index (χ1) is 32.7. The second-order valence-corrected chi connectivity index (χ2v) is 29.1. The van der Waals surface area contributed by atoms with Crippen LogP contribution in [0.4, 0.5) is 0 Å². The lowest BCUT2D eigenvalue weighted by Gasteiger charge is -2.49. The van der Waals surface area contributed by atoms with Crippen molar-refractivity contribution in [3.8, 4) is 0 Å². The molecule has 0 bridgehead atoms. The van der Waals surface area contributed by atoms with Gasteiger partial charge in [-0.25, -0.2) is 19.9 Å². The highest BCUT2D eigenvalue weighted by Gasteiger charge is 2.60. The van der Waals surface area contributed by atoms with Crippen LogP contribution in [0.25, 0.3) is 55.2 Å². The lowest BCUT2D eigenvalue weighted by Crippen LogP contribution is -2.45. The highest BCUT2D eigenvalue weighted by atomic mass is 15.1. The standard InChI is InChI=1S/C65H84N6/c1-56(2,3)41-26-24-25-40-51(41)69-54(57(4,5)6)70-49-37-45-43(35-48(49)67-53(40)70)61(13,14)65(20,62(45,15)16)32-31-58(7,8)38-27-28-39-46(33-38)68-55(64(19)29-22-21-23-30-64)71-50-36-44-42(34-47(50)66-52(39)71)59(9,10)63(17,18)60(44,11)12/h24-28,33-37H,21-23,29-32H2,1-20H3. The van der Waals surface area contributed by atoms with Crippen LogP contribution >= 0.6 is 0 Å². The summed E-state index contributed by atoms with van der Waals surface area (Å²) in [4.78, 5) is 22.5. The molecule has 1 unspecified atom stereocenters. The molecule has 0 amide bonds. The van der Waals surface area contributed by atoms with Crippen LogP contribution in [0.3, 0.4) is 0 Å². The quantitative estimate of drug-likeness (QED) is 0.172. The average Bonchev–Trinajstić information content (AvgIpc) is 3.92. The van der Waals surface area contributed by atoms with Gasteiger partial charge < -0.3 is 0 Å². The summed E-state index contributed by atoms with van der Waals surface area (Å²) in [5.74, 6) is 2.25. The van der Waals surface area contributed by atoms with Crippen LogP contribution in [0.1, 0.15) is 228 Å². The number of rotatable bonds is 5. The largest absolute Gasteiger partial charge is 0.279 e. The van der Waals surface area contributed by atoms with Crippen LogP contribution in [-0.4, -0.2) is 28.7 Å². The molecule has 3 aliphatic rings. The second kappa shape index (κ2) is 14.5. The van der Waals surface area contributed by atoms with Crippen LogP contribution in [0.5, 0.6) is 0 Å². The van der Waals surface area contributed by atoms with E-state index in [1.165, 1.54) is 64.0 Å². The summed E-state index contributed by atoms with van der Waals surface area (Å²) in [5, 5.41) is 2.27. The van der Waals surface area contributed by atoms with E-state index in [-0.39, 0.29) is 54.1 Å². The van der Waals surface area contributed by atoms with Gasteiger partial charge in [0.05, 0.1) is 33.1 Å². The highest BCUT2D eigenvalue weighted by molar-refractivity contribution is 5.99. The maximum atomic E-state index is 5.81. The average molecular weight is 949 g/mol. The Kier molecular flexibility index (Phi) is 9.87. The van der Waals surface area contributed by atoms with Crippen LogP contribution in [-0.2, 0) is 43.3 Å². The molecule has 0 saturated heterocycles. The number of imidazole rings is 2. The summed E-state index contributed by atoms with van der Waals surface area (Å²) in [7, 11) is 0. The molecule has 0 spiro atoms. The first-order valence-corrected chi connectivity index (χ1v) is 27.3. The van der Waals surface area contributed by atoms with Gasteiger partial charge in [0.25, 0.3) is 0 Å². The van der Waals surface area contributed by atoms with E-state index in [1.54, 1.807) is 0 Å². The van der Waals surface area contributed by atoms with Crippen molar-refractivity contribution in [2.75, 3.05) is 0 Å². The summed E-state index contributed by atoms with van der Waals surface area (Å²) >= 11 is 0. The van der Waals surface area contributed by atoms with Crippen LogP contribution in [0, 0.1) is 10.8 Å². The normalized spacial score (nSPS) is 22.4. The molecule has 0 aliphatic heterocycles. The molecule has 0 radical (unpaired) electrons. The maximum absolute atomic E-state index is 5.81. The predicted molar refractivity (Wildman–Crippen MR) is 300 cm³/mol. The SMILES string of the molecule is CC(C)(C)c1cccc2c1nc(C(C)(C)C)n1c3cc4c(cc3nc21)C(C)(C)C(C)(CCC(C)(C)c1ccc2c(c1)nc(C1(C)CCCCC1)n1c3cc5c(cc3nc21)C(C)(C)C(C)(C)C5(C)C)C4(C)C. The Labute approximate surface area is 425 Å². The van der Waals surface area contributed by atoms with Gasteiger partial charge in [-0.1, -0.05) is 176 Å². The van der Waals surface area contributed by atoms with E-state index in [4.69, 9.17) is 19.9 Å². The Hall–Kier alpha value is -4.84. The third-order valence-corrected chi connectivity index (χ3v) is 21.6. The molecule has 6 heteroatoms. The van der Waals surface area contributed by atoms with E-state index in [1.807, 2.05) is 0 Å². The van der Waals surface area contributed by atoms with E-state index in [2.05, 4.69) is 208 Å². The van der Waals surface area contributed by atoms with Gasteiger partial charge in [0.15, 0.2) is 0 Å². The third-order valence-electron chi connectivity index (χ3n) is 21.6. The number of para-hydroxylation sites is 1. The van der Waals surface area contributed by atoms with E-state index in [0.717, 1.165) is 81.2 Å². The molecule has 0 N–H and O–H groups in total. The fourth-order valence-electron chi connectivity index (χ4n) is 14.7. The van der Waals surface area contributed by atoms with E-state index >= 15 is 0 Å². The molecule has 1 fully saturated rings. The minimum atomic E-state index is -0.197. The minimum absolute atomic E-state index is 0.00832. The van der Waals surface area contributed by atoms with Gasteiger partial charge in [-0.05, 0) is 145 Å². The monoisotopic (exact) mass is 949 g/mol. The van der Waals surface area contributed by atoms with Crippen LogP contribution in [0.15, 0.2) is 60.7 Å². The van der Waals surface area contributed by atoms with Crippen molar-refractivity contribution in [1.29, 1.82) is 0 Å². The van der Waals surface area contributed by atoms with Gasteiger partial charge in [-0.15, -0.1) is 0 Å². The van der Waals surface area contributed by atoms with Gasteiger partial charge in [-0.2, -0.15) is 0 Å². The Bertz CT molecular complexity index is 3560. The Balaban J connectivity index is 0.995. The molecular weight excluding hydrogens is 865 g/mol. The predicted octanol–water partition coefficient (Wildman–Crippen LogP) is 17.1. The number of aromatic nitrogens is 6. The van der Waals surface area contributed by atoms with Crippen molar-refractivity contribution < 1.29 is 0 Å².